The summed E-state index contributed by atoms with van der Waals surface area (Å²) in [5.41, 5.74) is 0. The van der Waals surface area contributed by atoms with Crippen molar-refractivity contribution in [2.45, 2.75) is 65.1 Å². The number of aliphatic hydroxyl groups excluding tert-OH is 1. The van der Waals surface area contributed by atoms with Gasteiger partial charge in [-0.05, 0) is 39.0 Å². The molecule has 1 aliphatic heterocycles. The van der Waals surface area contributed by atoms with Crippen LogP contribution in [0.2, 0.25) is 0 Å². The van der Waals surface area contributed by atoms with Crippen molar-refractivity contribution in [3.63, 3.8) is 0 Å². The first-order chi connectivity index (χ1) is 7.93. The quantitative estimate of drug-likeness (QED) is 0.795. The number of rotatable bonds is 3. The van der Waals surface area contributed by atoms with Crippen molar-refractivity contribution in [1.82, 2.24) is 10.2 Å². The van der Waals surface area contributed by atoms with Gasteiger partial charge >= 0.3 is 6.03 Å². The van der Waals surface area contributed by atoms with Crippen molar-refractivity contribution in [2.75, 3.05) is 6.54 Å². The van der Waals surface area contributed by atoms with E-state index >= 15 is 0 Å². The Morgan fingerprint density at radius 2 is 1.88 bits per heavy atom. The number of nitrogens with one attached hydrogen (secondary N) is 1. The van der Waals surface area contributed by atoms with Crippen molar-refractivity contribution in [3.8, 4) is 0 Å². The van der Waals surface area contributed by atoms with Gasteiger partial charge in [-0.15, -0.1) is 0 Å². The second kappa shape index (κ2) is 6.24. The number of carbonyl (C=O) groups excluding carboxylic acids is 1. The molecule has 17 heavy (non-hydrogen) atoms. The lowest BCUT2D eigenvalue weighted by Gasteiger charge is -2.39. The molecule has 4 nitrogen and oxygen atoms in total. The monoisotopic (exact) mass is 242 g/mol. The van der Waals surface area contributed by atoms with E-state index in [1.54, 1.807) is 0 Å². The maximum atomic E-state index is 12.0. The smallest absolute Gasteiger partial charge is 0.317 e. The van der Waals surface area contributed by atoms with Crippen LogP contribution in [-0.4, -0.2) is 40.8 Å². The SMILES string of the molecule is CC(C)C(O)CNC(=O)N1C(C)CCCC1C. The molecule has 0 spiro atoms. The Bertz CT molecular complexity index is 246. The fourth-order valence-electron chi connectivity index (χ4n) is 2.34. The fourth-order valence-corrected chi connectivity index (χ4v) is 2.34. The van der Waals surface area contributed by atoms with Gasteiger partial charge in [0.2, 0.25) is 0 Å². The van der Waals surface area contributed by atoms with Crippen molar-refractivity contribution in [1.29, 1.82) is 0 Å². The minimum atomic E-state index is -0.464. The highest BCUT2D eigenvalue weighted by Gasteiger charge is 2.29. The molecule has 2 N–H and O–H groups in total. The molecule has 0 aromatic carbocycles. The molecule has 1 rings (SSSR count). The van der Waals surface area contributed by atoms with Gasteiger partial charge in [-0.2, -0.15) is 0 Å². The summed E-state index contributed by atoms with van der Waals surface area (Å²) in [7, 11) is 0. The third-order valence-corrected chi connectivity index (χ3v) is 3.66. The molecular weight excluding hydrogens is 216 g/mol. The van der Waals surface area contributed by atoms with Crippen LogP contribution in [0, 0.1) is 5.92 Å². The number of hydrogen-bond donors (Lipinski definition) is 2. The number of hydrogen-bond acceptors (Lipinski definition) is 2. The molecule has 1 saturated heterocycles. The van der Waals surface area contributed by atoms with Crippen LogP contribution in [0.4, 0.5) is 4.79 Å². The van der Waals surface area contributed by atoms with Crippen LogP contribution in [0.1, 0.15) is 47.0 Å². The summed E-state index contributed by atoms with van der Waals surface area (Å²) in [5.74, 6) is 0.173. The predicted octanol–water partition coefficient (Wildman–Crippen LogP) is 1.98. The molecule has 0 saturated carbocycles. The molecule has 0 radical (unpaired) electrons. The molecule has 4 heteroatoms. The third-order valence-electron chi connectivity index (χ3n) is 3.66. The Kier molecular flexibility index (Phi) is 5.25. The first kappa shape index (κ1) is 14.3. The van der Waals surface area contributed by atoms with Crippen LogP contribution in [0.15, 0.2) is 0 Å². The molecule has 2 amide bonds. The predicted molar refractivity (Wildman–Crippen MR) is 68.9 cm³/mol. The summed E-state index contributed by atoms with van der Waals surface area (Å²) in [4.78, 5) is 14.0. The minimum absolute atomic E-state index is 0.0376. The second-order valence-electron chi connectivity index (χ2n) is 5.53. The molecule has 100 valence electrons. The number of piperidine rings is 1. The highest BCUT2D eigenvalue weighted by atomic mass is 16.3. The zero-order valence-electron chi connectivity index (χ0n) is 11.4. The van der Waals surface area contributed by atoms with Crippen molar-refractivity contribution in [2.24, 2.45) is 5.92 Å². The second-order valence-corrected chi connectivity index (χ2v) is 5.53. The van der Waals surface area contributed by atoms with Gasteiger partial charge < -0.3 is 15.3 Å². The number of aliphatic hydroxyl groups is 1. The lowest BCUT2D eigenvalue weighted by atomic mass is 9.98. The van der Waals surface area contributed by atoms with Gasteiger partial charge in [-0.3, -0.25) is 0 Å². The summed E-state index contributed by atoms with van der Waals surface area (Å²) in [6.45, 7) is 8.42. The standard InChI is InChI=1S/C13H26N2O2/c1-9(2)12(16)8-14-13(17)15-10(3)6-5-7-11(15)4/h9-12,16H,5-8H2,1-4H3,(H,14,17). The van der Waals surface area contributed by atoms with Gasteiger partial charge in [0.05, 0.1) is 6.10 Å². The Balaban J connectivity index is 2.45. The topological polar surface area (TPSA) is 52.6 Å². The van der Waals surface area contributed by atoms with Crippen molar-refractivity contribution < 1.29 is 9.90 Å². The maximum Gasteiger partial charge on any atom is 0.317 e. The van der Waals surface area contributed by atoms with Gasteiger partial charge in [-0.25, -0.2) is 4.79 Å². The average Bonchev–Trinajstić information content (AvgIpc) is 2.25. The normalized spacial score (nSPS) is 27.1. The number of carbonyl (C=O) groups is 1. The van der Waals surface area contributed by atoms with E-state index in [0.29, 0.717) is 18.6 Å². The number of nitrogens with zero attached hydrogens (tertiary/aromatic N) is 1. The number of amides is 2. The molecule has 3 atom stereocenters. The van der Waals surface area contributed by atoms with Gasteiger partial charge in [0, 0.05) is 18.6 Å². The van der Waals surface area contributed by atoms with E-state index in [0.717, 1.165) is 12.8 Å². The highest BCUT2D eigenvalue weighted by Crippen LogP contribution is 2.22. The Morgan fingerprint density at radius 3 is 2.35 bits per heavy atom. The van der Waals surface area contributed by atoms with Crippen LogP contribution in [-0.2, 0) is 0 Å². The zero-order chi connectivity index (χ0) is 13.0. The largest absolute Gasteiger partial charge is 0.391 e. The summed E-state index contributed by atoms with van der Waals surface area (Å²) in [5, 5.41) is 12.5. The van der Waals surface area contributed by atoms with Gasteiger partial charge in [0.25, 0.3) is 0 Å². The van der Waals surface area contributed by atoms with Gasteiger partial charge in [-0.1, -0.05) is 13.8 Å². The number of likely N-dealkylation sites (tertiary alicyclic amines) is 1. The van der Waals surface area contributed by atoms with E-state index in [-0.39, 0.29) is 11.9 Å². The van der Waals surface area contributed by atoms with E-state index in [1.165, 1.54) is 6.42 Å². The first-order valence-corrected chi connectivity index (χ1v) is 6.67. The van der Waals surface area contributed by atoms with Crippen molar-refractivity contribution in [3.05, 3.63) is 0 Å². The summed E-state index contributed by atoms with van der Waals surface area (Å²) in [6, 6.07) is 0.564. The Labute approximate surface area is 104 Å². The lowest BCUT2D eigenvalue weighted by molar-refractivity contribution is 0.103. The van der Waals surface area contributed by atoms with Crippen LogP contribution in [0.25, 0.3) is 0 Å². The first-order valence-electron chi connectivity index (χ1n) is 6.67. The summed E-state index contributed by atoms with van der Waals surface area (Å²) in [6.07, 6.45) is 2.88. The molecular formula is C13H26N2O2. The third kappa shape index (κ3) is 3.87. The van der Waals surface area contributed by atoms with Gasteiger partial charge in [0.15, 0.2) is 0 Å². The van der Waals surface area contributed by atoms with E-state index in [2.05, 4.69) is 19.2 Å². The van der Waals surface area contributed by atoms with E-state index in [4.69, 9.17) is 0 Å². The molecule has 0 aliphatic carbocycles. The summed E-state index contributed by atoms with van der Waals surface area (Å²) >= 11 is 0. The Morgan fingerprint density at radius 1 is 1.35 bits per heavy atom. The van der Waals surface area contributed by atoms with Crippen LogP contribution in [0.3, 0.4) is 0 Å². The Hall–Kier alpha value is -0.770. The molecule has 1 heterocycles. The maximum absolute atomic E-state index is 12.0. The molecule has 1 fully saturated rings. The molecule has 0 aromatic rings. The molecule has 0 bridgehead atoms. The fraction of sp³-hybridized carbons (Fsp3) is 0.923. The molecule has 0 aromatic heterocycles. The molecule has 1 aliphatic rings. The molecule has 3 unspecified atom stereocenters. The van der Waals surface area contributed by atoms with Crippen LogP contribution in [0.5, 0.6) is 0 Å². The lowest BCUT2D eigenvalue weighted by Crippen LogP contribution is -2.53. The summed E-state index contributed by atoms with van der Waals surface area (Å²) < 4.78 is 0. The van der Waals surface area contributed by atoms with Crippen molar-refractivity contribution >= 4 is 6.03 Å². The van der Waals surface area contributed by atoms with Crippen LogP contribution < -0.4 is 5.32 Å². The van der Waals surface area contributed by atoms with Crippen LogP contribution >= 0.6 is 0 Å². The average molecular weight is 242 g/mol. The van der Waals surface area contributed by atoms with Gasteiger partial charge in [0.1, 0.15) is 0 Å². The van der Waals surface area contributed by atoms with E-state index in [1.807, 2.05) is 18.7 Å². The van der Waals surface area contributed by atoms with E-state index < -0.39 is 6.10 Å². The minimum Gasteiger partial charge on any atom is -0.391 e. The zero-order valence-corrected chi connectivity index (χ0v) is 11.4. The number of urea groups is 1. The van der Waals surface area contributed by atoms with E-state index in [9.17, 15) is 9.90 Å². The highest BCUT2D eigenvalue weighted by molar-refractivity contribution is 5.75.